The highest BCUT2D eigenvalue weighted by Gasteiger charge is 2.42. The molecule has 2 N–H and O–H groups in total. The van der Waals surface area contributed by atoms with Gasteiger partial charge in [0.25, 0.3) is 0 Å². The van der Waals surface area contributed by atoms with Gasteiger partial charge in [0, 0.05) is 29.1 Å². The zero-order valence-corrected chi connectivity index (χ0v) is 29.4. The zero-order valence-electron chi connectivity index (χ0n) is 28.5. The van der Waals surface area contributed by atoms with Gasteiger partial charge in [0.05, 0.1) is 41.4 Å². The fourth-order valence-electron chi connectivity index (χ4n) is 6.16. The van der Waals surface area contributed by atoms with Crippen molar-refractivity contribution in [3.63, 3.8) is 0 Å². The van der Waals surface area contributed by atoms with E-state index >= 15 is 4.39 Å². The highest BCUT2D eigenvalue weighted by atomic mass is 32.2. The number of benzene rings is 3. The van der Waals surface area contributed by atoms with Gasteiger partial charge >= 0.3 is 6.09 Å². The molecule has 0 aromatic heterocycles. The van der Waals surface area contributed by atoms with Crippen molar-refractivity contribution in [1.82, 2.24) is 10.2 Å². The third-order valence-electron chi connectivity index (χ3n) is 9.35. The molecule has 4 atom stereocenters. The van der Waals surface area contributed by atoms with Crippen LogP contribution in [0.2, 0.25) is 0 Å². The van der Waals surface area contributed by atoms with Crippen LogP contribution in [-0.4, -0.2) is 57.5 Å². The quantitative estimate of drug-likeness (QED) is 0.208. The van der Waals surface area contributed by atoms with Gasteiger partial charge in [-0.3, -0.25) is 19.2 Å². The number of anilines is 1. The van der Waals surface area contributed by atoms with Crippen LogP contribution in [0.5, 0.6) is 0 Å². The minimum atomic E-state index is -1.27. The molecule has 1 heterocycles. The van der Waals surface area contributed by atoms with Crippen molar-refractivity contribution < 1.29 is 27.7 Å². The lowest BCUT2D eigenvalue weighted by Crippen LogP contribution is -2.47. The maximum atomic E-state index is 15.6. The monoisotopic (exact) mass is 688 g/mol. The van der Waals surface area contributed by atoms with E-state index in [1.54, 1.807) is 18.2 Å². The summed E-state index contributed by atoms with van der Waals surface area (Å²) in [6.45, 7) is 5.93. The summed E-state index contributed by atoms with van der Waals surface area (Å²) in [5.41, 5.74) is 1.73. The fraction of sp³-hybridized carbons (Fsp3) is 0.447. The molecule has 3 aromatic carbocycles. The van der Waals surface area contributed by atoms with Gasteiger partial charge < -0.3 is 14.8 Å². The van der Waals surface area contributed by atoms with Gasteiger partial charge in [-0.2, -0.15) is 5.26 Å². The molecule has 1 saturated heterocycles. The summed E-state index contributed by atoms with van der Waals surface area (Å²) in [6, 6.07) is 22.4. The molecule has 2 fully saturated rings. The van der Waals surface area contributed by atoms with E-state index in [1.165, 1.54) is 18.1 Å². The predicted octanol–water partition coefficient (Wildman–Crippen LogP) is 6.59. The standard InChI is InChI=1S/C38H45FN4O5S/c1-37(2,3)49(46)25-41-38(18-17-26-13-14-26,29-12-8-11-28(19-29)22-40)30-15-16-32(39)33(20-30)42-35(44)34-21-31(47-4)23-43(34)36(45)48-24-27-9-6-5-7-10-27/h5-12,15-16,19-20,26,31,34,41H,13-14,17-18,21,23-25H2,1-4H3,(H,42,44)/t31-,34-,38?,49?/m1/s1. The highest BCUT2D eigenvalue weighted by Crippen LogP contribution is 2.42. The molecule has 2 unspecified atom stereocenters. The SMILES string of the molecule is CO[C@@H]1C[C@H](C(=O)Nc2cc(C(CCC3CC3)(NCS(=O)C(C)(C)C)c3cccc(C#N)c3)ccc2F)N(C(=O)OCc2ccccc2)C1. The van der Waals surface area contributed by atoms with Crippen LogP contribution in [0.1, 0.15) is 75.1 Å². The first-order chi connectivity index (χ1) is 23.4. The van der Waals surface area contributed by atoms with Crippen molar-refractivity contribution in [1.29, 1.82) is 5.26 Å². The van der Waals surface area contributed by atoms with Crippen LogP contribution in [0.25, 0.3) is 0 Å². The van der Waals surface area contributed by atoms with Crippen LogP contribution in [0.3, 0.4) is 0 Å². The van der Waals surface area contributed by atoms with E-state index in [0.29, 0.717) is 23.5 Å². The number of rotatable bonds is 13. The Hall–Kier alpha value is -4.11. The number of halogens is 1. The average molecular weight is 689 g/mol. The molecule has 1 aliphatic carbocycles. The molecule has 0 radical (unpaired) electrons. The molecule has 1 saturated carbocycles. The van der Waals surface area contributed by atoms with E-state index in [-0.39, 0.29) is 31.1 Å². The van der Waals surface area contributed by atoms with Gasteiger partial charge in [-0.25, -0.2) is 9.18 Å². The van der Waals surface area contributed by atoms with E-state index in [0.717, 1.165) is 30.4 Å². The molecule has 2 aliphatic rings. The van der Waals surface area contributed by atoms with E-state index < -0.39 is 51.0 Å². The van der Waals surface area contributed by atoms with Gasteiger partial charge in [-0.05, 0) is 80.5 Å². The number of ether oxygens (including phenoxy) is 2. The zero-order chi connectivity index (χ0) is 35.2. The number of likely N-dealkylation sites (tertiary alicyclic amines) is 1. The Kier molecular flexibility index (Phi) is 11.5. The van der Waals surface area contributed by atoms with Crippen LogP contribution < -0.4 is 10.6 Å². The molecule has 2 amide bonds. The van der Waals surface area contributed by atoms with Crippen molar-refractivity contribution >= 4 is 28.5 Å². The van der Waals surface area contributed by atoms with Crippen LogP contribution in [0, 0.1) is 23.1 Å². The summed E-state index contributed by atoms with van der Waals surface area (Å²) in [4.78, 5) is 28.3. The summed E-state index contributed by atoms with van der Waals surface area (Å²) >= 11 is 0. The lowest BCUT2D eigenvalue weighted by atomic mass is 9.78. The summed E-state index contributed by atoms with van der Waals surface area (Å²) in [7, 11) is 0.251. The third kappa shape index (κ3) is 8.93. The maximum absolute atomic E-state index is 15.6. The van der Waals surface area contributed by atoms with E-state index in [9.17, 15) is 19.1 Å². The topological polar surface area (TPSA) is 121 Å². The van der Waals surface area contributed by atoms with Crippen molar-refractivity contribution in [3.8, 4) is 6.07 Å². The van der Waals surface area contributed by atoms with Crippen molar-refractivity contribution in [2.45, 2.75) is 81.9 Å². The van der Waals surface area contributed by atoms with E-state index in [4.69, 9.17) is 9.47 Å². The maximum Gasteiger partial charge on any atom is 0.410 e. The fourth-order valence-corrected chi connectivity index (χ4v) is 6.97. The molecule has 11 heteroatoms. The minimum Gasteiger partial charge on any atom is -0.445 e. The second-order valence-corrected chi connectivity index (χ2v) is 16.0. The second kappa shape index (κ2) is 15.6. The molecular formula is C38H45FN4O5S. The first-order valence-electron chi connectivity index (χ1n) is 16.7. The highest BCUT2D eigenvalue weighted by molar-refractivity contribution is 7.86. The predicted molar refractivity (Wildman–Crippen MR) is 187 cm³/mol. The van der Waals surface area contributed by atoms with Gasteiger partial charge in [0.1, 0.15) is 18.5 Å². The number of carbonyl (C=O) groups excluding carboxylic acids is 2. The largest absolute Gasteiger partial charge is 0.445 e. The Bertz CT molecular complexity index is 1700. The van der Waals surface area contributed by atoms with Gasteiger partial charge in [-0.15, -0.1) is 0 Å². The Labute approximate surface area is 290 Å². The summed E-state index contributed by atoms with van der Waals surface area (Å²) in [5.74, 6) is -0.498. The third-order valence-corrected chi connectivity index (χ3v) is 11.1. The molecule has 9 nitrogen and oxygen atoms in total. The molecule has 3 aromatic rings. The number of nitrogens with one attached hydrogen (secondary N) is 2. The Morgan fingerprint density at radius 1 is 1.04 bits per heavy atom. The molecular weight excluding hydrogens is 644 g/mol. The molecule has 49 heavy (non-hydrogen) atoms. The smallest absolute Gasteiger partial charge is 0.410 e. The summed E-state index contributed by atoms with van der Waals surface area (Å²) in [6.07, 6.45) is 2.88. The van der Waals surface area contributed by atoms with E-state index in [2.05, 4.69) is 16.7 Å². The van der Waals surface area contributed by atoms with Gasteiger partial charge in [0.2, 0.25) is 5.91 Å². The lowest BCUT2D eigenvalue weighted by molar-refractivity contribution is -0.120. The number of hydrogen-bond acceptors (Lipinski definition) is 7. The normalized spacial score (nSPS) is 19.5. The Morgan fingerprint density at radius 2 is 1.78 bits per heavy atom. The van der Waals surface area contributed by atoms with Crippen molar-refractivity contribution in [3.05, 3.63) is 101 Å². The number of nitriles is 1. The van der Waals surface area contributed by atoms with Crippen molar-refractivity contribution in [2.75, 3.05) is 24.8 Å². The van der Waals surface area contributed by atoms with Crippen LogP contribution >= 0.6 is 0 Å². The van der Waals surface area contributed by atoms with Crippen LogP contribution in [-0.2, 0) is 37.2 Å². The Balaban J connectivity index is 1.46. The molecule has 260 valence electrons. The molecule has 0 bridgehead atoms. The van der Waals surface area contributed by atoms with Gasteiger partial charge in [0.15, 0.2) is 0 Å². The summed E-state index contributed by atoms with van der Waals surface area (Å²) in [5, 5.41) is 16.1. The Morgan fingerprint density at radius 3 is 2.45 bits per heavy atom. The number of hydrogen-bond donors (Lipinski definition) is 2. The first-order valence-corrected chi connectivity index (χ1v) is 18.0. The number of nitrogens with zero attached hydrogens (tertiary/aromatic N) is 2. The summed E-state index contributed by atoms with van der Waals surface area (Å²) < 4.78 is 39.5. The first kappa shape index (κ1) is 36.2. The van der Waals surface area contributed by atoms with Crippen LogP contribution in [0.4, 0.5) is 14.9 Å². The van der Waals surface area contributed by atoms with Gasteiger partial charge in [-0.1, -0.05) is 61.4 Å². The molecule has 1 aliphatic heterocycles. The van der Waals surface area contributed by atoms with Crippen molar-refractivity contribution in [2.24, 2.45) is 5.92 Å². The van der Waals surface area contributed by atoms with E-state index in [1.807, 2.05) is 69.3 Å². The number of carbonyl (C=O) groups is 2. The minimum absolute atomic E-state index is 0.0434. The second-order valence-electron chi connectivity index (χ2n) is 13.8. The molecule has 0 spiro atoms. The lowest BCUT2D eigenvalue weighted by Gasteiger charge is -2.38. The number of amides is 2. The van der Waals surface area contributed by atoms with Crippen LogP contribution in [0.15, 0.2) is 72.8 Å². The number of methoxy groups -OCH3 is 1. The average Bonchev–Trinajstić information content (AvgIpc) is 3.83. The molecule has 5 rings (SSSR count).